The molecule has 0 spiro atoms. The number of hydrogen-bond donors (Lipinski definition) is 1. The van der Waals surface area contributed by atoms with Crippen LogP contribution in [0.3, 0.4) is 0 Å². The molecule has 0 fully saturated rings. The van der Waals surface area contributed by atoms with Crippen LogP contribution in [0, 0.1) is 13.8 Å². The van der Waals surface area contributed by atoms with Gasteiger partial charge in [0.05, 0.1) is 43.9 Å². The Morgan fingerprint density at radius 3 is 2.75 bits per heavy atom. The fourth-order valence-electron chi connectivity index (χ4n) is 3.53. The van der Waals surface area contributed by atoms with Gasteiger partial charge in [-0.25, -0.2) is 9.97 Å². The topological polar surface area (TPSA) is 91.4 Å². The van der Waals surface area contributed by atoms with Gasteiger partial charge >= 0.3 is 0 Å². The molecule has 0 aliphatic heterocycles. The third-order valence-corrected chi connectivity index (χ3v) is 6.27. The average Bonchev–Trinajstić information content (AvgIpc) is 3.41. The minimum atomic E-state index is -0.169. The lowest BCUT2D eigenvalue weighted by atomic mass is 10.2. The smallest absolute Gasteiger partial charge is 0.234 e. The van der Waals surface area contributed by atoms with Crippen molar-refractivity contribution < 1.29 is 18.7 Å². The number of carbonyl (C=O) groups excluding carboxylic acids is 1. The van der Waals surface area contributed by atoms with E-state index in [0.29, 0.717) is 23.7 Å². The van der Waals surface area contributed by atoms with Gasteiger partial charge in [-0.1, -0.05) is 11.8 Å². The summed E-state index contributed by atoms with van der Waals surface area (Å²) < 4.78 is 18.2. The van der Waals surface area contributed by atoms with Gasteiger partial charge in [0, 0.05) is 11.8 Å². The molecular formula is C23H24N4O4S. The Labute approximate surface area is 189 Å². The summed E-state index contributed by atoms with van der Waals surface area (Å²) in [4.78, 5) is 21.6. The summed E-state index contributed by atoms with van der Waals surface area (Å²) in [6.07, 6.45) is 3.20. The maximum atomic E-state index is 12.7. The zero-order chi connectivity index (χ0) is 22.7. The van der Waals surface area contributed by atoms with E-state index in [2.05, 4.69) is 26.8 Å². The van der Waals surface area contributed by atoms with E-state index in [1.54, 1.807) is 38.7 Å². The van der Waals surface area contributed by atoms with Crippen molar-refractivity contribution in [2.75, 3.05) is 25.3 Å². The lowest BCUT2D eigenvalue weighted by Gasteiger charge is -2.11. The molecule has 3 heterocycles. The molecule has 166 valence electrons. The molecule has 1 amide bonds. The van der Waals surface area contributed by atoms with Crippen molar-refractivity contribution in [3.05, 3.63) is 59.9 Å². The summed E-state index contributed by atoms with van der Waals surface area (Å²) in [6.45, 7) is 4.68. The first-order valence-corrected chi connectivity index (χ1v) is 11.0. The SMILES string of the molecule is COc1ccc(OC)c(NC(=O)CSc2ncnc3c2c(C)c(C)n3Cc2ccco2)c1. The molecule has 32 heavy (non-hydrogen) atoms. The van der Waals surface area contributed by atoms with Crippen molar-refractivity contribution in [3.8, 4) is 11.5 Å². The molecule has 9 heteroatoms. The molecule has 3 aromatic heterocycles. The summed E-state index contributed by atoms with van der Waals surface area (Å²) in [7, 11) is 3.13. The number of aryl methyl sites for hydroxylation is 1. The predicted octanol–water partition coefficient (Wildman–Crippen LogP) is 4.44. The van der Waals surface area contributed by atoms with Crippen LogP contribution in [0.2, 0.25) is 0 Å². The maximum absolute atomic E-state index is 12.7. The van der Waals surface area contributed by atoms with Crippen LogP contribution in [0.4, 0.5) is 5.69 Å². The lowest BCUT2D eigenvalue weighted by Crippen LogP contribution is -2.15. The molecule has 0 saturated carbocycles. The number of benzene rings is 1. The molecule has 8 nitrogen and oxygen atoms in total. The van der Waals surface area contributed by atoms with Crippen molar-refractivity contribution >= 4 is 34.4 Å². The molecule has 1 aromatic carbocycles. The van der Waals surface area contributed by atoms with Gasteiger partial charge < -0.3 is 23.8 Å². The van der Waals surface area contributed by atoms with E-state index in [1.807, 2.05) is 19.1 Å². The number of nitrogens with zero attached hydrogens (tertiary/aromatic N) is 3. The number of carbonyl (C=O) groups is 1. The number of ether oxygens (including phenoxy) is 2. The van der Waals surface area contributed by atoms with E-state index in [4.69, 9.17) is 13.9 Å². The molecule has 0 radical (unpaired) electrons. The largest absolute Gasteiger partial charge is 0.497 e. The second-order valence-electron chi connectivity index (χ2n) is 7.16. The molecule has 0 saturated heterocycles. The van der Waals surface area contributed by atoms with Crippen molar-refractivity contribution in [2.24, 2.45) is 0 Å². The van der Waals surface area contributed by atoms with Crippen molar-refractivity contribution in [3.63, 3.8) is 0 Å². The van der Waals surface area contributed by atoms with Crippen LogP contribution in [0.25, 0.3) is 11.0 Å². The summed E-state index contributed by atoms with van der Waals surface area (Å²) in [5, 5.41) is 4.61. The fourth-order valence-corrected chi connectivity index (χ4v) is 4.38. The number of thioether (sulfide) groups is 1. The van der Waals surface area contributed by atoms with E-state index >= 15 is 0 Å². The van der Waals surface area contributed by atoms with E-state index in [0.717, 1.165) is 33.1 Å². The van der Waals surface area contributed by atoms with Crippen molar-refractivity contribution in [1.82, 2.24) is 14.5 Å². The van der Waals surface area contributed by atoms with Crippen LogP contribution in [-0.2, 0) is 11.3 Å². The lowest BCUT2D eigenvalue weighted by molar-refractivity contribution is -0.113. The monoisotopic (exact) mass is 452 g/mol. The molecule has 0 aliphatic carbocycles. The van der Waals surface area contributed by atoms with Crippen molar-refractivity contribution in [2.45, 2.75) is 25.4 Å². The van der Waals surface area contributed by atoms with Gasteiger partial charge in [0.2, 0.25) is 5.91 Å². The van der Waals surface area contributed by atoms with Crippen LogP contribution in [0.15, 0.2) is 52.4 Å². The fraction of sp³-hybridized carbons (Fsp3) is 0.261. The van der Waals surface area contributed by atoms with Crippen LogP contribution in [0.1, 0.15) is 17.0 Å². The van der Waals surface area contributed by atoms with Crippen LogP contribution >= 0.6 is 11.8 Å². The van der Waals surface area contributed by atoms with E-state index in [1.165, 1.54) is 18.1 Å². The number of methoxy groups -OCH3 is 2. The van der Waals surface area contributed by atoms with Crippen LogP contribution < -0.4 is 14.8 Å². The minimum Gasteiger partial charge on any atom is -0.497 e. The normalized spacial score (nSPS) is 11.0. The molecule has 0 bridgehead atoms. The number of rotatable bonds is 8. The van der Waals surface area contributed by atoms with E-state index < -0.39 is 0 Å². The second-order valence-corrected chi connectivity index (χ2v) is 8.12. The minimum absolute atomic E-state index is 0.169. The third-order valence-electron chi connectivity index (χ3n) is 5.29. The number of furan rings is 1. The molecule has 0 aliphatic rings. The summed E-state index contributed by atoms with van der Waals surface area (Å²) in [5.41, 5.74) is 3.56. The molecule has 4 aromatic rings. The number of fused-ring (bicyclic) bond motifs is 1. The molecule has 0 unspecified atom stereocenters. The Bertz CT molecular complexity index is 1250. The van der Waals surface area contributed by atoms with E-state index in [9.17, 15) is 4.79 Å². The summed E-state index contributed by atoms with van der Waals surface area (Å²) in [5.74, 6) is 2.07. The van der Waals surface area contributed by atoms with Gasteiger partial charge in [-0.05, 0) is 43.7 Å². The quantitative estimate of drug-likeness (QED) is 0.312. The van der Waals surface area contributed by atoms with E-state index in [-0.39, 0.29) is 11.7 Å². The van der Waals surface area contributed by atoms with Gasteiger partial charge in [0.15, 0.2) is 0 Å². The molecule has 4 rings (SSSR count). The first-order chi connectivity index (χ1) is 15.5. The first-order valence-electron chi connectivity index (χ1n) is 9.99. The average molecular weight is 453 g/mol. The first kappa shape index (κ1) is 21.8. The Morgan fingerprint density at radius 1 is 1.19 bits per heavy atom. The summed E-state index contributed by atoms with van der Waals surface area (Å²) >= 11 is 1.37. The van der Waals surface area contributed by atoms with Gasteiger partial charge in [0.1, 0.15) is 34.3 Å². The number of aromatic nitrogens is 3. The molecule has 0 atom stereocenters. The van der Waals surface area contributed by atoms with Crippen molar-refractivity contribution in [1.29, 1.82) is 0 Å². The second kappa shape index (κ2) is 9.35. The zero-order valence-electron chi connectivity index (χ0n) is 18.3. The number of hydrogen-bond acceptors (Lipinski definition) is 7. The third kappa shape index (κ3) is 4.29. The summed E-state index contributed by atoms with van der Waals surface area (Å²) in [6, 6.07) is 9.07. The van der Waals surface area contributed by atoms with Gasteiger partial charge in [-0.2, -0.15) is 0 Å². The van der Waals surface area contributed by atoms with Gasteiger partial charge in [-0.15, -0.1) is 0 Å². The highest BCUT2D eigenvalue weighted by molar-refractivity contribution is 8.00. The Kier molecular flexibility index (Phi) is 6.36. The molecular weight excluding hydrogens is 428 g/mol. The predicted molar refractivity (Wildman–Crippen MR) is 124 cm³/mol. The zero-order valence-corrected chi connectivity index (χ0v) is 19.2. The Balaban J connectivity index is 1.54. The Morgan fingerprint density at radius 2 is 2.03 bits per heavy atom. The Hall–Kier alpha value is -3.46. The number of amides is 1. The standard InChI is InChI=1S/C23H24N4O4S/c1-14-15(2)27(11-17-6-5-9-31-17)22-21(14)23(25-13-24-22)32-12-20(28)26-18-10-16(29-3)7-8-19(18)30-4/h5-10,13H,11-12H2,1-4H3,(H,26,28). The van der Waals surface area contributed by atoms with Crippen LogP contribution in [-0.4, -0.2) is 40.4 Å². The highest BCUT2D eigenvalue weighted by Crippen LogP contribution is 2.33. The van der Waals surface area contributed by atoms with Gasteiger partial charge in [0.25, 0.3) is 0 Å². The highest BCUT2D eigenvalue weighted by atomic mass is 32.2. The van der Waals surface area contributed by atoms with Crippen LogP contribution in [0.5, 0.6) is 11.5 Å². The number of nitrogens with one attached hydrogen (secondary N) is 1. The maximum Gasteiger partial charge on any atom is 0.234 e. The van der Waals surface area contributed by atoms with Gasteiger partial charge in [-0.3, -0.25) is 4.79 Å². The highest BCUT2D eigenvalue weighted by Gasteiger charge is 2.18. The molecule has 1 N–H and O–H groups in total. The number of anilines is 1.